The Morgan fingerprint density at radius 2 is 1.48 bits per heavy atom. The Morgan fingerprint density at radius 1 is 1.00 bits per heavy atom. The van der Waals surface area contributed by atoms with Crippen molar-refractivity contribution in [2.75, 3.05) is 20.1 Å². The van der Waals surface area contributed by atoms with E-state index >= 15 is 0 Å². The quantitative estimate of drug-likeness (QED) is 0.779. The van der Waals surface area contributed by atoms with Crippen molar-refractivity contribution in [3.05, 3.63) is 59.5 Å². The molecule has 0 amide bonds. The van der Waals surface area contributed by atoms with Crippen LogP contribution in [0.1, 0.15) is 11.5 Å². The van der Waals surface area contributed by atoms with E-state index in [1.165, 1.54) is 0 Å². The summed E-state index contributed by atoms with van der Waals surface area (Å²) in [5.41, 5.74) is 1.46. The molecule has 0 N–H and O–H groups in total. The highest BCUT2D eigenvalue weighted by Gasteiger charge is 2.24. The molecule has 2 aromatic rings. The van der Waals surface area contributed by atoms with Crippen molar-refractivity contribution in [1.29, 1.82) is 0 Å². The van der Waals surface area contributed by atoms with Crippen LogP contribution in [0, 0.1) is 0 Å². The smallest absolute Gasteiger partial charge is 0.187 e. The lowest BCUT2D eigenvalue weighted by Gasteiger charge is -2.25. The lowest BCUT2D eigenvalue weighted by Crippen LogP contribution is -2.34. The summed E-state index contributed by atoms with van der Waals surface area (Å²) in [6, 6.07) is 7.29. The lowest BCUT2D eigenvalue weighted by molar-refractivity contribution is -0.113. The summed E-state index contributed by atoms with van der Waals surface area (Å²) in [4.78, 5) is 14.6. The van der Waals surface area contributed by atoms with Crippen molar-refractivity contribution >= 4 is 34.9 Å². The molecule has 3 heterocycles. The molecule has 1 fully saturated rings. The molecule has 2 aromatic heterocycles. The molecule has 4 nitrogen and oxygen atoms in total. The molecule has 0 atom stereocenters. The number of Topliss-reactive ketones (excluding diaryl/α,β-unsaturated/α-hetero) is 1. The van der Waals surface area contributed by atoms with Crippen LogP contribution in [0.3, 0.4) is 0 Å². The third-order valence-electron chi connectivity index (χ3n) is 3.18. The van der Waals surface area contributed by atoms with E-state index in [1.807, 2.05) is 31.3 Å². The Bertz CT molecular complexity index is 598. The van der Waals surface area contributed by atoms with Crippen LogP contribution in [-0.2, 0) is 4.79 Å². The first-order chi connectivity index (χ1) is 9.72. The number of hydrogen-bond acceptors (Lipinski definition) is 4. The highest BCUT2D eigenvalue weighted by molar-refractivity contribution is 8.93. The summed E-state index contributed by atoms with van der Waals surface area (Å²) in [5, 5.41) is 0. The number of carbonyl (C=O) groups is 1. The Balaban J connectivity index is 0.00000161. The highest BCUT2D eigenvalue weighted by Crippen LogP contribution is 2.21. The maximum atomic E-state index is 12.5. The van der Waals surface area contributed by atoms with E-state index in [0.29, 0.717) is 24.6 Å². The molecule has 5 heteroatoms. The number of likely N-dealkylation sites (N-methyl/N-ethyl adjacent to an activating group) is 1. The number of furan rings is 2. The van der Waals surface area contributed by atoms with E-state index in [0.717, 1.165) is 11.1 Å². The minimum atomic E-state index is 0. The second-order valence-corrected chi connectivity index (χ2v) is 4.87. The van der Waals surface area contributed by atoms with Gasteiger partial charge < -0.3 is 8.83 Å². The highest BCUT2D eigenvalue weighted by atomic mass is 79.9. The van der Waals surface area contributed by atoms with E-state index in [-0.39, 0.29) is 22.8 Å². The Morgan fingerprint density at radius 3 is 1.86 bits per heavy atom. The largest absolute Gasteiger partial charge is 0.465 e. The monoisotopic (exact) mass is 349 g/mol. The maximum Gasteiger partial charge on any atom is 0.187 e. The molecule has 0 bridgehead atoms. The van der Waals surface area contributed by atoms with Crippen LogP contribution in [0.2, 0.25) is 0 Å². The van der Waals surface area contributed by atoms with Gasteiger partial charge in [-0.3, -0.25) is 9.69 Å². The van der Waals surface area contributed by atoms with E-state index in [1.54, 1.807) is 24.7 Å². The van der Waals surface area contributed by atoms with Crippen LogP contribution in [0.4, 0.5) is 0 Å². The predicted molar refractivity (Wildman–Crippen MR) is 86.2 cm³/mol. The summed E-state index contributed by atoms with van der Waals surface area (Å²) < 4.78 is 10.6. The van der Waals surface area contributed by atoms with Crippen molar-refractivity contribution in [2.45, 2.75) is 0 Å². The van der Waals surface area contributed by atoms with Crippen LogP contribution in [-0.4, -0.2) is 30.8 Å². The van der Waals surface area contributed by atoms with Crippen molar-refractivity contribution in [1.82, 2.24) is 4.90 Å². The zero-order valence-electron chi connectivity index (χ0n) is 11.6. The molecule has 110 valence electrons. The first-order valence-electron chi connectivity index (χ1n) is 6.44. The Labute approximate surface area is 133 Å². The number of carbonyl (C=O) groups excluding carboxylic acids is 1. The summed E-state index contributed by atoms with van der Waals surface area (Å²) >= 11 is 0. The topological polar surface area (TPSA) is 46.6 Å². The fourth-order valence-corrected chi connectivity index (χ4v) is 2.30. The van der Waals surface area contributed by atoms with Gasteiger partial charge in [-0.2, -0.15) is 0 Å². The summed E-state index contributed by atoms with van der Waals surface area (Å²) in [5.74, 6) is 1.44. The van der Waals surface area contributed by atoms with E-state index in [2.05, 4.69) is 4.90 Å². The molecule has 0 radical (unpaired) electrons. The number of ketones is 1. The van der Waals surface area contributed by atoms with Crippen LogP contribution in [0.25, 0.3) is 12.2 Å². The molecule has 0 unspecified atom stereocenters. The van der Waals surface area contributed by atoms with Gasteiger partial charge in [-0.15, -0.1) is 17.0 Å². The first kappa shape index (κ1) is 15.5. The van der Waals surface area contributed by atoms with Crippen molar-refractivity contribution in [2.24, 2.45) is 0 Å². The zero-order chi connectivity index (χ0) is 13.9. The van der Waals surface area contributed by atoms with Crippen molar-refractivity contribution < 1.29 is 13.6 Å². The van der Waals surface area contributed by atoms with E-state index in [9.17, 15) is 4.79 Å². The maximum absolute atomic E-state index is 12.5. The van der Waals surface area contributed by atoms with E-state index in [4.69, 9.17) is 8.83 Å². The number of rotatable bonds is 2. The number of halogens is 1. The second kappa shape index (κ2) is 6.74. The molecule has 0 aliphatic carbocycles. The van der Waals surface area contributed by atoms with Crippen molar-refractivity contribution in [3.63, 3.8) is 0 Å². The summed E-state index contributed by atoms with van der Waals surface area (Å²) in [6.07, 6.45) is 6.80. The number of likely N-dealkylation sites (tertiary alicyclic amines) is 1. The first-order valence-corrected chi connectivity index (χ1v) is 6.44. The average Bonchev–Trinajstić information content (AvgIpc) is 3.08. The summed E-state index contributed by atoms with van der Waals surface area (Å²) in [6.45, 7) is 1.24. The fourth-order valence-electron chi connectivity index (χ4n) is 2.30. The molecule has 3 rings (SSSR count). The minimum Gasteiger partial charge on any atom is -0.465 e. The number of nitrogens with zero attached hydrogens (tertiary/aromatic N) is 1. The SMILES string of the molecule is Br.CN1C/C(=C/c2ccco2)C(=O)/C(=C/c2ccco2)C1. The molecule has 1 aliphatic rings. The lowest BCUT2D eigenvalue weighted by atomic mass is 9.96. The van der Waals surface area contributed by atoms with Gasteiger partial charge >= 0.3 is 0 Å². The number of hydrogen-bond donors (Lipinski definition) is 0. The van der Waals surface area contributed by atoms with Gasteiger partial charge in [0.25, 0.3) is 0 Å². The third-order valence-corrected chi connectivity index (χ3v) is 3.18. The molecular weight excluding hydrogens is 334 g/mol. The Hall–Kier alpha value is -1.85. The van der Waals surface area contributed by atoms with Gasteiger partial charge in [-0.25, -0.2) is 0 Å². The normalized spacial score (nSPS) is 20.0. The van der Waals surface area contributed by atoms with Gasteiger partial charge in [0.15, 0.2) is 5.78 Å². The van der Waals surface area contributed by atoms with Gasteiger partial charge in [0, 0.05) is 24.2 Å². The zero-order valence-corrected chi connectivity index (χ0v) is 13.3. The molecule has 0 aromatic carbocycles. The third kappa shape index (κ3) is 3.62. The molecular formula is C16H16BrNO3. The molecule has 21 heavy (non-hydrogen) atoms. The summed E-state index contributed by atoms with van der Waals surface area (Å²) in [7, 11) is 1.98. The van der Waals surface area contributed by atoms with Crippen molar-refractivity contribution in [3.8, 4) is 0 Å². The van der Waals surface area contributed by atoms with Gasteiger partial charge in [-0.1, -0.05) is 0 Å². The van der Waals surface area contributed by atoms with E-state index < -0.39 is 0 Å². The van der Waals surface area contributed by atoms with Crippen LogP contribution in [0.5, 0.6) is 0 Å². The number of piperidine rings is 1. The van der Waals surface area contributed by atoms with Gasteiger partial charge in [0.1, 0.15) is 11.5 Å². The van der Waals surface area contributed by atoms with Gasteiger partial charge in [0.05, 0.1) is 12.5 Å². The standard InChI is InChI=1S/C16H15NO3.BrH/c1-17-10-12(8-14-4-2-6-19-14)16(18)13(11-17)9-15-5-3-7-20-15;/h2-9H,10-11H2,1H3;1H/b12-8-,13-9+;. The molecule has 0 saturated carbocycles. The predicted octanol–water partition coefficient (Wildman–Crippen LogP) is 3.43. The Kier molecular flexibility index (Phi) is 4.98. The van der Waals surface area contributed by atoms with Gasteiger partial charge in [-0.05, 0) is 43.5 Å². The van der Waals surface area contributed by atoms with Crippen LogP contribution >= 0.6 is 17.0 Å². The van der Waals surface area contributed by atoms with Crippen LogP contribution in [0.15, 0.2) is 56.8 Å². The van der Waals surface area contributed by atoms with Crippen LogP contribution < -0.4 is 0 Å². The average molecular weight is 350 g/mol. The fraction of sp³-hybridized carbons (Fsp3) is 0.188. The molecule has 0 spiro atoms. The molecule has 1 aliphatic heterocycles. The second-order valence-electron chi connectivity index (χ2n) is 4.87. The molecule has 1 saturated heterocycles. The minimum absolute atomic E-state index is 0. The van der Waals surface area contributed by atoms with Gasteiger partial charge in [0.2, 0.25) is 0 Å².